The van der Waals surface area contributed by atoms with Crippen LogP contribution in [-0.2, 0) is 11.3 Å². The van der Waals surface area contributed by atoms with E-state index < -0.39 is 0 Å². The van der Waals surface area contributed by atoms with Gasteiger partial charge in [0.05, 0.1) is 23.3 Å². The molecule has 4 heterocycles. The lowest BCUT2D eigenvalue weighted by molar-refractivity contribution is -0.122. The van der Waals surface area contributed by atoms with Gasteiger partial charge in [0.1, 0.15) is 21.5 Å². The number of rotatable bonds is 5. The highest BCUT2D eigenvalue weighted by molar-refractivity contribution is 8.26. The van der Waals surface area contributed by atoms with Crippen molar-refractivity contribution in [3.8, 4) is 0 Å². The monoisotopic (exact) mass is 494 g/mol. The molecule has 34 heavy (non-hydrogen) atoms. The van der Waals surface area contributed by atoms with Gasteiger partial charge in [-0.25, -0.2) is 4.98 Å². The fraction of sp³-hybridized carbons (Fsp3) is 0.360. The SMILES string of the molecule is Cc1cccn2c(=O)c(/C=C3/SC(=S)N(Cc4ccco4)C3=O)c(NC3CCC(C)CC3)nc12. The van der Waals surface area contributed by atoms with Gasteiger partial charge in [-0.15, -0.1) is 0 Å². The zero-order valence-electron chi connectivity index (χ0n) is 19.1. The molecule has 3 aromatic rings. The number of hydrogen-bond donors (Lipinski definition) is 1. The van der Waals surface area contributed by atoms with Gasteiger partial charge in [-0.3, -0.25) is 18.9 Å². The minimum absolute atomic E-state index is 0.211. The van der Waals surface area contributed by atoms with Crippen molar-refractivity contribution in [2.24, 2.45) is 5.92 Å². The maximum atomic E-state index is 13.6. The molecule has 2 aliphatic rings. The number of anilines is 1. The van der Waals surface area contributed by atoms with Crippen LogP contribution in [-0.4, -0.2) is 30.6 Å². The first kappa shape index (κ1) is 22.9. The molecular formula is C25H26N4O3S2. The largest absolute Gasteiger partial charge is 0.467 e. The van der Waals surface area contributed by atoms with Gasteiger partial charge in [0.15, 0.2) is 0 Å². The van der Waals surface area contributed by atoms with Crippen LogP contribution in [0.4, 0.5) is 5.82 Å². The van der Waals surface area contributed by atoms with Crippen LogP contribution in [0.2, 0.25) is 0 Å². The molecule has 1 saturated carbocycles. The molecule has 1 aliphatic carbocycles. The van der Waals surface area contributed by atoms with E-state index in [4.69, 9.17) is 21.6 Å². The highest BCUT2D eigenvalue weighted by Crippen LogP contribution is 2.34. The molecule has 1 saturated heterocycles. The topological polar surface area (TPSA) is 79.8 Å². The normalized spacial score (nSPS) is 22.2. The van der Waals surface area contributed by atoms with Gasteiger partial charge < -0.3 is 9.73 Å². The van der Waals surface area contributed by atoms with E-state index in [1.54, 1.807) is 35.1 Å². The molecule has 0 atom stereocenters. The third-order valence-corrected chi connectivity index (χ3v) is 7.86. The van der Waals surface area contributed by atoms with Crippen LogP contribution >= 0.6 is 24.0 Å². The number of carbonyl (C=O) groups is 1. The maximum absolute atomic E-state index is 13.6. The number of aromatic nitrogens is 2. The number of thioether (sulfide) groups is 1. The molecule has 7 nitrogen and oxygen atoms in total. The van der Waals surface area contributed by atoms with Gasteiger partial charge in [0.2, 0.25) is 0 Å². The lowest BCUT2D eigenvalue weighted by Gasteiger charge is -2.28. The molecular weight excluding hydrogens is 468 g/mol. The van der Waals surface area contributed by atoms with Crippen LogP contribution in [0.25, 0.3) is 11.7 Å². The van der Waals surface area contributed by atoms with Crippen LogP contribution < -0.4 is 10.9 Å². The number of aryl methyl sites for hydroxylation is 1. The predicted molar refractivity (Wildman–Crippen MR) is 139 cm³/mol. The number of fused-ring (bicyclic) bond motifs is 1. The minimum Gasteiger partial charge on any atom is -0.467 e. The molecule has 2 fully saturated rings. The van der Waals surface area contributed by atoms with Crippen LogP contribution in [0, 0.1) is 12.8 Å². The zero-order chi connectivity index (χ0) is 23.8. The first-order valence-electron chi connectivity index (χ1n) is 11.5. The van der Waals surface area contributed by atoms with Gasteiger partial charge in [0.25, 0.3) is 11.5 Å². The second kappa shape index (κ2) is 9.38. The Hall–Kier alpha value is -2.91. The second-order valence-corrected chi connectivity index (χ2v) is 10.7. The smallest absolute Gasteiger partial charge is 0.267 e. The minimum atomic E-state index is -0.238. The van der Waals surface area contributed by atoms with Gasteiger partial charge in [-0.05, 0) is 68.4 Å². The number of thiocarbonyl (C=S) groups is 1. The van der Waals surface area contributed by atoms with E-state index in [1.165, 1.54) is 16.7 Å². The number of nitrogens with zero attached hydrogens (tertiary/aromatic N) is 3. The number of nitrogens with one attached hydrogen (secondary N) is 1. The molecule has 0 radical (unpaired) electrons. The average molecular weight is 495 g/mol. The fourth-order valence-electron chi connectivity index (χ4n) is 4.48. The Labute approximate surface area is 207 Å². The molecule has 0 unspecified atom stereocenters. The number of amides is 1. The summed E-state index contributed by atoms with van der Waals surface area (Å²) < 4.78 is 7.36. The van der Waals surface area contributed by atoms with Crippen LogP contribution in [0.15, 0.2) is 50.8 Å². The Morgan fingerprint density at radius 3 is 2.76 bits per heavy atom. The number of furan rings is 1. The molecule has 1 aliphatic heterocycles. The van der Waals surface area contributed by atoms with Crippen molar-refractivity contribution in [3.05, 3.63) is 68.9 Å². The molecule has 3 aromatic heterocycles. The molecule has 0 bridgehead atoms. The Bertz CT molecular complexity index is 1340. The summed E-state index contributed by atoms with van der Waals surface area (Å²) >= 11 is 6.65. The van der Waals surface area contributed by atoms with Gasteiger partial charge in [0, 0.05) is 12.2 Å². The number of carbonyl (C=O) groups excluding carboxylic acids is 1. The van der Waals surface area contributed by atoms with Crippen molar-refractivity contribution in [1.82, 2.24) is 14.3 Å². The summed E-state index contributed by atoms with van der Waals surface area (Å²) in [5.74, 6) is 1.65. The summed E-state index contributed by atoms with van der Waals surface area (Å²) in [5, 5.41) is 3.53. The lowest BCUT2D eigenvalue weighted by Crippen LogP contribution is -2.29. The third-order valence-electron chi connectivity index (χ3n) is 6.48. The van der Waals surface area contributed by atoms with Crippen molar-refractivity contribution in [2.75, 3.05) is 5.32 Å². The Morgan fingerprint density at radius 1 is 1.24 bits per heavy atom. The van der Waals surface area contributed by atoms with Gasteiger partial charge >= 0.3 is 0 Å². The summed E-state index contributed by atoms with van der Waals surface area (Å²) in [4.78, 5) is 33.5. The van der Waals surface area contributed by atoms with E-state index in [9.17, 15) is 9.59 Å². The zero-order valence-corrected chi connectivity index (χ0v) is 20.7. The van der Waals surface area contributed by atoms with Crippen molar-refractivity contribution < 1.29 is 9.21 Å². The molecule has 1 N–H and O–H groups in total. The molecule has 176 valence electrons. The molecule has 9 heteroatoms. The molecule has 1 amide bonds. The Balaban J connectivity index is 1.54. The van der Waals surface area contributed by atoms with Crippen molar-refractivity contribution in [3.63, 3.8) is 0 Å². The van der Waals surface area contributed by atoms with Crippen LogP contribution in [0.5, 0.6) is 0 Å². The second-order valence-electron chi connectivity index (χ2n) is 9.01. The summed E-state index contributed by atoms with van der Waals surface area (Å²) in [6.45, 7) is 4.47. The third kappa shape index (κ3) is 4.42. The number of pyridine rings is 1. The molecule has 5 rings (SSSR count). The Kier molecular flexibility index (Phi) is 6.31. The van der Waals surface area contributed by atoms with E-state index >= 15 is 0 Å². The van der Waals surface area contributed by atoms with Gasteiger partial charge in [-0.2, -0.15) is 0 Å². The quantitative estimate of drug-likeness (QED) is 0.395. The van der Waals surface area contributed by atoms with Crippen LogP contribution in [0.3, 0.4) is 0 Å². The summed E-state index contributed by atoms with van der Waals surface area (Å²) in [7, 11) is 0. The first-order chi connectivity index (χ1) is 16.4. The van der Waals surface area contributed by atoms with E-state index in [0.29, 0.717) is 37.9 Å². The van der Waals surface area contributed by atoms with E-state index in [0.717, 1.165) is 31.2 Å². The average Bonchev–Trinajstić information content (AvgIpc) is 3.42. The highest BCUT2D eigenvalue weighted by Gasteiger charge is 2.33. The van der Waals surface area contributed by atoms with Crippen molar-refractivity contribution in [1.29, 1.82) is 0 Å². The number of hydrogen-bond acceptors (Lipinski definition) is 7. The standard InChI is InChI=1S/C25H26N4O3S2/c1-15-7-9-17(10-8-15)26-21-19(23(30)28-11-3-5-16(2)22(28)27-21)13-20-24(31)29(25(33)34-20)14-18-6-4-12-32-18/h3-6,11-13,15,17,26H,7-10,14H2,1-2H3/b20-13+. The fourth-order valence-corrected chi connectivity index (χ4v) is 5.71. The summed E-state index contributed by atoms with van der Waals surface area (Å²) in [6.07, 6.45) is 9.26. The predicted octanol–water partition coefficient (Wildman–Crippen LogP) is 4.99. The van der Waals surface area contributed by atoms with E-state index in [-0.39, 0.29) is 24.1 Å². The maximum Gasteiger partial charge on any atom is 0.267 e. The van der Waals surface area contributed by atoms with E-state index in [1.807, 2.05) is 19.1 Å². The van der Waals surface area contributed by atoms with Crippen molar-refractivity contribution in [2.45, 2.75) is 52.1 Å². The van der Waals surface area contributed by atoms with Crippen molar-refractivity contribution >= 4 is 51.7 Å². The highest BCUT2D eigenvalue weighted by atomic mass is 32.2. The molecule has 0 aromatic carbocycles. The van der Waals surface area contributed by atoms with E-state index in [2.05, 4.69) is 12.2 Å². The molecule has 0 spiro atoms. The first-order valence-corrected chi connectivity index (χ1v) is 12.7. The lowest BCUT2D eigenvalue weighted by atomic mass is 9.87. The summed E-state index contributed by atoms with van der Waals surface area (Å²) in [6, 6.07) is 7.59. The van der Waals surface area contributed by atoms with Crippen LogP contribution in [0.1, 0.15) is 49.5 Å². The summed E-state index contributed by atoms with van der Waals surface area (Å²) in [5.41, 5.74) is 1.69. The Morgan fingerprint density at radius 2 is 2.03 bits per heavy atom. The van der Waals surface area contributed by atoms with Gasteiger partial charge in [-0.1, -0.05) is 37.0 Å².